The summed E-state index contributed by atoms with van der Waals surface area (Å²) in [5.41, 5.74) is 1.26. The van der Waals surface area contributed by atoms with Crippen molar-refractivity contribution in [3.05, 3.63) is 52.1 Å². The summed E-state index contributed by atoms with van der Waals surface area (Å²) < 4.78 is 32.6. The topological polar surface area (TPSA) is 119 Å². The van der Waals surface area contributed by atoms with Crippen LogP contribution in [0.15, 0.2) is 41.3 Å². The van der Waals surface area contributed by atoms with Crippen LogP contribution >= 0.6 is 0 Å². The van der Waals surface area contributed by atoms with Crippen LogP contribution in [0.5, 0.6) is 5.75 Å². The first-order valence-corrected chi connectivity index (χ1v) is 9.47. The van der Waals surface area contributed by atoms with Crippen LogP contribution in [0, 0.1) is 10.1 Å². The van der Waals surface area contributed by atoms with Crippen molar-refractivity contribution in [3.8, 4) is 5.75 Å². The summed E-state index contributed by atoms with van der Waals surface area (Å²) in [6.07, 6.45) is 0.604. The second-order valence-electron chi connectivity index (χ2n) is 5.96. The monoisotopic (exact) mass is 391 g/mol. The Bertz CT molecular complexity index is 1030. The van der Waals surface area contributed by atoms with Crippen molar-refractivity contribution >= 4 is 33.0 Å². The van der Waals surface area contributed by atoms with E-state index in [4.69, 9.17) is 4.74 Å². The molecule has 10 heteroatoms. The van der Waals surface area contributed by atoms with Gasteiger partial charge in [-0.1, -0.05) is 0 Å². The molecule has 0 aliphatic carbocycles. The van der Waals surface area contributed by atoms with E-state index in [1.165, 1.54) is 26.2 Å². The van der Waals surface area contributed by atoms with Crippen molar-refractivity contribution in [3.63, 3.8) is 0 Å². The third-order valence-corrected chi connectivity index (χ3v) is 5.69. The van der Waals surface area contributed by atoms with Crippen molar-refractivity contribution in [2.45, 2.75) is 18.2 Å². The summed E-state index contributed by atoms with van der Waals surface area (Å²) in [7, 11) is -2.86. The lowest BCUT2D eigenvalue weighted by atomic mass is 10.1. The van der Waals surface area contributed by atoms with Crippen molar-refractivity contribution in [1.82, 2.24) is 0 Å². The predicted molar refractivity (Wildman–Crippen MR) is 98.6 cm³/mol. The second-order valence-corrected chi connectivity index (χ2v) is 7.61. The number of nitro groups is 1. The van der Waals surface area contributed by atoms with Crippen LogP contribution in [0.1, 0.15) is 12.5 Å². The summed E-state index contributed by atoms with van der Waals surface area (Å²) in [5.74, 6) is 0.0958. The predicted octanol–water partition coefficient (Wildman–Crippen LogP) is 2.31. The zero-order valence-corrected chi connectivity index (χ0v) is 15.4. The highest BCUT2D eigenvalue weighted by Crippen LogP contribution is 2.33. The largest absolute Gasteiger partial charge is 0.497 e. The van der Waals surface area contributed by atoms with Gasteiger partial charge in [-0.2, -0.15) is 0 Å². The Hall–Kier alpha value is -3.14. The van der Waals surface area contributed by atoms with Gasteiger partial charge >= 0.3 is 0 Å². The van der Waals surface area contributed by atoms with Crippen LogP contribution in [0.3, 0.4) is 0 Å². The van der Waals surface area contributed by atoms with E-state index in [9.17, 15) is 23.3 Å². The molecule has 0 spiro atoms. The lowest BCUT2D eigenvalue weighted by molar-refractivity contribution is -0.387. The Balaban J connectivity index is 1.94. The number of hydrogen-bond donors (Lipinski definition) is 1. The number of sulfonamides is 1. The van der Waals surface area contributed by atoms with Crippen LogP contribution in [0.25, 0.3) is 0 Å². The van der Waals surface area contributed by atoms with Crippen molar-refractivity contribution in [2.75, 3.05) is 23.3 Å². The summed E-state index contributed by atoms with van der Waals surface area (Å²) in [4.78, 5) is 23.2. The second kappa shape index (κ2) is 6.88. The van der Waals surface area contributed by atoms with Gasteiger partial charge in [-0.15, -0.1) is 0 Å². The number of anilines is 2. The molecule has 9 nitrogen and oxygen atoms in total. The molecule has 0 aromatic heterocycles. The summed E-state index contributed by atoms with van der Waals surface area (Å²) in [6, 6.07) is 8.34. The number of carbonyl (C=O) groups is 1. The SMILES string of the molecule is COc1ccc(S(=O)(=O)Nc2ccc3c(c2)CCN3C(C)=O)c([N+](=O)[O-])c1. The zero-order valence-electron chi connectivity index (χ0n) is 14.6. The Morgan fingerprint density at radius 1 is 1.26 bits per heavy atom. The highest BCUT2D eigenvalue weighted by Gasteiger charge is 2.28. The average Bonchev–Trinajstić information content (AvgIpc) is 3.04. The highest BCUT2D eigenvalue weighted by molar-refractivity contribution is 7.92. The molecule has 142 valence electrons. The van der Waals surface area contributed by atoms with Gasteiger partial charge in [-0.25, -0.2) is 8.42 Å². The average molecular weight is 391 g/mol. The Kier molecular flexibility index (Phi) is 4.75. The Labute approximate surface area is 155 Å². The van der Waals surface area contributed by atoms with Gasteiger partial charge in [-0.3, -0.25) is 19.6 Å². The fourth-order valence-corrected chi connectivity index (χ4v) is 4.20. The van der Waals surface area contributed by atoms with E-state index in [0.29, 0.717) is 13.0 Å². The molecule has 1 amide bonds. The number of hydrogen-bond acceptors (Lipinski definition) is 6. The summed E-state index contributed by atoms with van der Waals surface area (Å²) in [5, 5.41) is 11.3. The molecule has 2 aromatic carbocycles. The quantitative estimate of drug-likeness (QED) is 0.617. The molecule has 1 aliphatic rings. The molecule has 3 rings (SSSR count). The maximum atomic E-state index is 12.7. The molecule has 0 atom stereocenters. The molecule has 27 heavy (non-hydrogen) atoms. The molecule has 1 heterocycles. The number of nitro benzene ring substituents is 1. The molecular weight excluding hydrogens is 374 g/mol. The van der Waals surface area contributed by atoms with Gasteiger partial charge < -0.3 is 9.64 Å². The fraction of sp³-hybridized carbons (Fsp3) is 0.235. The normalized spacial score (nSPS) is 13.2. The van der Waals surface area contributed by atoms with Gasteiger partial charge in [0.15, 0.2) is 4.90 Å². The van der Waals surface area contributed by atoms with Crippen LogP contribution in [-0.2, 0) is 21.2 Å². The first-order valence-electron chi connectivity index (χ1n) is 7.99. The van der Waals surface area contributed by atoms with E-state index in [-0.39, 0.29) is 17.3 Å². The minimum Gasteiger partial charge on any atom is -0.497 e. The highest BCUT2D eigenvalue weighted by atomic mass is 32.2. The molecule has 1 N–H and O–H groups in total. The van der Waals surface area contributed by atoms with Crippen molar-refractivity contribution < 1.29 is 22.9 Å². The zero-order chi connectivity index (χ0) is 19.8. The van der Waals surface area contributed by atoms with E-state index in [2.05, 4.69) is 4.72 Å². The number of rotatable bonds is 5. The van der Waals surface area contributed by atoms with E-state index in [1.807, 2.05) is 0 Å². The molecule has 1 aliphatic heterocycles. The number of fused-ring (bicyclic) bond motifs is 1. The minimum absolute atomic E-state index is 0.0871. The fourth-order valence-electron chi connectivity index (χ4n) is 3.00. The van der Waals surface area contributed by atoms with Crippen LogP contribution < -0.4 is 14.4 Å². The number of benzene rings is 2. The molecule has 0 fully saturated rings. The molecule has 0 saturated carbocycles. The van der Waals surface area contributed by atoms with E-state index in [0.717, 1.165) is 23.4 Å². The molecule has 0 saturated heterocycles. The van der Waals surface area contributed by atoms with Gasteiger partial charge in [0.1, 0.15) is 5.75 Å². The number of nitrogens with zero attached hydrogens (tertiary/aromatic N) is 2. The minimum atomic E-state index is -4.19. The van der Waals surface area contributed by atoms with Crippen LogP contribution in [0.2, 0.25) is 0 Å². The molecule has 2 aromatic rings. The maximum Gasteiger partial charge on any atom is 0.293 e. The van der Waals surface area contributed by atoms with E-state index < -0.39 is 25.5 Å². The number of methoxy groups -OCH3 is 1. The van der Waals surface area contributed by atoms with Crippen molar-refractivity contribution in [2.24, 2.45) is 0 Å². The smallest absolute Gasteiger partial charge is 0.293 e. The standard InChI is InChI=1S/C17H17N3O6S/c1-11(21)19-8-7-12-9-13(3-5-15(12)19)18-27(24,25)17-6-4-14(26-2)10-16(17)20(22)23/h3-6,9-10,18H,7-8H2,1-2H3. The van der Waals surface area contributed by atoms with Gasteiger partial charge in [0, 0.05) is 24.8 Å². The van der Waals surface area contributed by atoms with Crippen molar-refractivity contribution in [1.29, 1.82) is 0 Å². The molecule has 0 bridgehead atoms. The van der Waals surface area contributed by atoms with E-state index >= 15 is 0 Å². The molecule has 0 unspecified atom stereocenters. The molecule has 0 radical (unpaired) electrons. The Morgan fingerprint density at radius 3 is 2.63 bits per heavy atom. The van der Waals surface area contributed by atoms with Gasteiger partial charge in [-0.05, 0) is 42.3 Å². The van der Waals surface area contributed by atoms with Gasteiger partial charge in [0.05, 0.1) is 18.1 Å². The Morgan fingerprint density at radius 2 is 2.00 bits per heavy atom. The van der Waals surface area contributed by atoms with Crippen LogP contribution in [0.4, 0.5) is 17.1 Å². The first kappa shape index (κ1) is 18.6. The summed E-state index contributed by atoms with van der Waals surface area (Å²) >= 11 is 0. The van der Waals surface area contributed by atoms with Crippen LogP contribution in [-0.4, -0.2) is 32.9 Å². The third kappa shape index (κ3) is 3.56. The lowest BCUT2D eigenvalue weighted by Gasteiger charge is -2.15. The number of ether oxygens (including phenoxy) is 1. The number of nitrogens with one attached hydrogen (secondary N) is 1. The summed E-state index contributed by atoms with van der Waals surface area (Å²) in [6.45, 7) is 2.00. The third-order valence-electron chi connectivity index (χ3n) is 4.26. The first-order chi connectivity index (χ1) is 12.7. The number of amides is 1. The van der Waals surface area contributed by atoms with E-state index in [1.54, 1.807) is 17.0 Å². The van der Waals surface area contributed by atoms with Gasteiger partial charge in [0.2, 0.25) is 5.91 Å². The lowest BCUT2D eigenvalue weighted by Crippen LogP contribution is -2.25. The number of carbonyl (C=O) groups excluding carboxylic acids is 1. The van der Waals surface area contributed by atoms with Gasteiger partial charge in [0.25, 0.3) is 15.7 Å². The maximum absolute atomic E-state index is 12.7. The molecular formula is C17H17N3O6S.